The van der Waals surface area contributed by atoms with E-state index in [2.05, 4.69) is 12.2 Å². The second-order valence-corrected chi connectivity index (χ2v) is 7.73. The maximum Gasteiger partial charge on any atom is 0.253 e. The highest BCUT2D eigenvalue weighted by atomic mass is 16.2. The molecule has 2 bridgehead atoms. The average molecular weight is 338 g/mol. The molecule has 0 radical (unpaired) electrons. The maximum atomic E-state index is 12.9. The van der Waals surface area contributed by atoms with Gasteiger partial charge in [-0.2, -0.15) is 0 Å². The fourth-order valence-electron chi connectivity index (χ4n) is 4.73. The van der Waals surface area contributed by atoms with Crippen LogP contribution in [0.25, 0.3) is 0 Å². The van der Waals surface area contributed by atoms with Crippen molar-refractivity contribution in [1.29, 1.82) is 0 Å². The van der Waals surface area contributed by atoms with Gasteiger partial charge in [0.1, 0.15) is 0 Å². The summed E-state index contributed by atoms with van der Waals surface area (Å²) >= 11 is 0. The van der Waals surface area contributed by atoms with Gasteiger partial charge in [-0.05, 0) is 49.7 Å². The van der Waals surface area contributed by atoms with E-state index in [1.54, 1.807) is 0 Å². The number of allylic oxidation sites excluding steroid dienone is 2. The average Bonchev–Trinajstić information content (AvgIpc) is 3.30. The van der Waals surface area contributed by atoms with Gasteiger partial charge in [0.05, 0.1) is 0 Å². The molecule has 2 amide bonds. The number of hydrogen-bond acceptors (Lipinski definition) is 2. The highest BCUT2D eigenvalue weighted by molar-refractivity contribution is 5.94. The molecule has 1 saturated heterocycles. The van der Waals surface area contributed by atoms with Gasteiger partial charge >= 0.3 is 0 Å². The summed E-state index contributed by atoms with van der Waals surface area (Å²) in [5.41, 5.74) is 0.749. The van der Waals surface area contributed by atoms with Crippen molar-refractivity contribution in [1.82, 2.24) is 9.80 Å². The summed E-state index contributed by atoms with van der Waals surface area (Å²) in [7, 11) is 1.96. The summed E-state index contributed by atoms with van der Waals surface area (Å²) in [6.07, 6.45) is 8.45. The highest BCUT2D eigenvalue weighted by Crippen LogP contribution is 2.44. The van der Waals surface area contributed by atoms with Crippen molar-refractivity contribution in [3.8, 4) is 0 Å². The van der Waals surface area contributed by atoms with E-state index in [1.807, 2.05) is 47.2 Å². The molecule has 4 rings (SSSR count). The smallest absolute Gasteiger partial charge is 0.253 e. The Morgan fingerprint density at radius 2 is 1.76 bits per heavy atom. The molecule has 1 aliphatic heterocycles. The number of amides is 2. The van der Waals surface area contributed by atoms with Crippen LogP contribution in [-0.2, 0) is 4.79 Å². The van der Waals surface area contributed by atoms with Gasteiger partial charge in [-0.25, -0.2) is 0 Å². The first-order valence-electron chi connectivity index (χ1n) is 9.43. The van der Waals surface area contributed by atoms with Crippen molar-refractivity contribution in [2.24, 2.45) is 17.8 Å². The van der Waals surface area contributed by atoms with Gasteiger partial charge in [-0.1, -0.05) is 30.4 Å². The van der Waals surface area contributed by atoms with E-state index >= 15 is 0 Å². The van der Waals surface area contributed by atoms with Gasteiger partial charge in [0.25, 0.3) is 5.91 Å². The van der Waals surface area contributed by atoms with E-state index in [-0.39, 0.29) is 17.9 Å². The van der Waals surface area contributed by atoms with Crippen molar-refractivity contribution >= 4 is 11.8 Å². The number of hydrogen-bond donors (Lipinski definition) is 0. The van der Waals surface area contributed by atoms with Crippen molar-refractivity contribution in [3.05, 3.63) is 48.0 Å². The third-order valence-corrected chi connectivity index (χ3v) is 6.26. The van der Waals surface area contributed by atoms with Crippen LogP contribution >= 0.6 is 0 Å². The van der Waals surface area contributed by atoms with Crippen LogP contribution in [0.15, 0.2) is 42.5 Å². The Kier molecular flexibility index (Phi) is 4.36. The van der Waals surface area contributed by atoms with Crippen molar-refractivity contribution in [2.75, 3.05) is 20.1 Å². The fraction of sp³-hybridized carbons (Fsp3) is 0.524. The molecule has 2 fully saturated rings. The fourth-order valence-corrected chi connectivity index (χ4v) is 4.73. The highest BCUT2D eigenvalue weighted by Gasteiger charge is 2.42. The Morgan fingerprint density at radius 1 is 1.04 bits per heavy atom. The molecule has 0 N–H and O–H groups in total. The first kappa shape index (κ1) is 16.4. The summed E-state index contributed by atoms with van der Waals surface area (Å²) < 4.78 is 0. The summed E-state index contributed by atoms with van der Waals surface area (Å²) in [6.45, 7) is 1.46. The van der Waals surface area contributed by atoms with E-state index in [0.717, 1.165) is 44.3 Å². The molecule has 3 aliphatic rings. The third-order valence-electron chi connectivity index (χ3n) is 6.26. The zero-order chi connectivity index (χ0) is 17.4. The van der Waals surface area contributed by atoms with Crippen molar-refractivity contribution in [3.63, 3.8) is 0 Å². The molecule has 1 saturated carbocycles. The van der Waals surface area contributed by atoms with E-state index in [0.29, 0.717) is 17.7 Å². The molecule has 0 spiro atoms. The predicted molar refractivity (Wildman–Crippen MR) is 97.0 cm³/mol. The molecule has 2 aliphatic carbocycles. The summed E-state index contributed by atoms with van der Waals surface area (Å²) in [4.78, 5) is 29.3. The number of piperidine rings is 1. The quantitative estimate of drug-likeness (QED) is 0.795. The van der Waals surface area contributed by atoms with Crippen LogP contribution in [0, 0.1) is 17.8 Å². The number of nitrogens with zero attached hydrogens (tertiary/aromatic N) is 2. The normalized spacial score (nSPS) is 28.4. The van der Waals surface area contributed by atoms with E-state index in [4.69, 9.17) is 0 Å². The number of rotatable bonds is 3. The molecule has 132 valence electrons. The minimum absolute atomic E-state index is 0.103. The zero-order valence-electron chi connectivity index (χ0n) is 14.8. The lowest BCUT2D eigenvalue weighted by Crippen LogP contribution is -2.49. The Balaban J connectivity index is 1.33. The Hall–Kier alpha value is -2.10. The minimum atomic E-state index is 0.103. The third kappa shape index (κ3) is 3.10. The van der Waals surface area contributed by atoms with Gasteiger partial charge < -0.3 is 9.80 Å². The first-order chi connectivity index (χ1) is 12.1. The predicted octanol–water partition coefficient (Wildman–Crippen LogP) is 2.96. The van der Waals surface area contributed by atoms with Gasteiger partial charge in [0.2, 0.25) is 5.91 Å². The van der Waals surface area contributed by atoms with E-state index in [9.17, 15) is 9.59 Å². The van der Waals surface area contributed by atoms with Crippen LogP contribution in [0.1, 0.15) is 36.0 Å². The Labute approximate surface area is 149 Å². The lowest BCUT2D eigenvalue weighted by atomic mass is 9.91. The number of carbonyl (C=O) groups is 2. The lowest BCUT2D eigenvalue weighted by molar-refractivity contribution is -0.137. The minimum Gasteiger partial charge on any atom is -0.342 e. The van der Waals surface area contributed by atoms with Crippen LogP contribution in [0.5, 0.6) is 0 Å². The maximum absolute atomic E-state index is 12.9. The number of likely N-dealkylation sites (tertiary alicyclic amines) is 1. The van der Waals surface area contributed by atoms with Gasteiger partial charge in [-0.15, -0.1) is 0 Å². The zero-order valence-corrected chi connectivity index (χ0v) is 14.8. The lowest BCUT2D eigenvalue weighted by Gasteiger charge is -2.38. The van der Waals surface area contributed by atoms with Crippen LogP contribution in [0.2, 0.25) is 0 Å². The van der Waals surface area contributed by atoms with Gasteiger partial charge in [-0.3, -0.25) is 9.59 Å². The number of carbonyl (C=O) groups excluding carboxylic acids is 2. The molecule has 1 aromatic carbocycles. The molecular formula is C21H26N2O2. The molecule has 4 heteroatoms. The topological polar surface area (TPSA) is 40.6 Å². The number of benzene rings is 1. The molecule has 25 heavy (non-hydrogen) atoms. The summed E-state index contributed by atoms with van der Waals surface area (Å²) in [5, 5.41) is 0. The van der Waals surface area contributed by atoms with Crippen LogP contribution in [0.3, 0.4) is 0 Å². The standard InChI is InChI=1S/C21H26N2O2/c1-22(21(25)19-14-15-7-8-17(19)13-15)18-9-11-23(12-10-18)20(24)16-5-3-2-4-6-16/h2-8,15,17-19H,9-14H2,1H3. The number of fused-ring (bicyclic) bond motifs is 2. The van der Waals surface area contributed by atoms with Crippen LogP contribution in [-0.4, -0.2) is 47.8 Å². The van der Waals surface area contributed by atoms with Gasteiger partial charge in [0, 0.05) is 37.7 Å². The molecule has 1 heterocycles. The Bertz CT molecular complexity index is 676. The molecule has 1 aromatic rings. The molecule has 0 aromatic heterocycles. The first-order valence-corrected chi connectivity index (χ1v) is 9.43. The second-order valence-electron chi connectivity index (χ2n) is 7.73. The summed E-state index contributed by atoms with van der Waals surface area (Å²) in [6, 6.07) is 9.72. The SMILES string of the molecule is CN(C(=O)C1CC2C=CC1C2)C1CCN(C(=O)c2ccccc2)CC1. The largest absolute Gasteiger partial charge is 0.342 e. The van der Waals surface area contributed by atoms with Crippen LogP contribution < -0.4 is 0 Å². The molecular weight excluding hydrogens is 312 g/mol. The van der Waals surface area contributed by atoms with Crippen molar-refractivity contribution < 1.29 is 9.59 Å². The van der Waals surface area contributed by atoms with Gasteiger partial charge in [0.15, 0.2) is 0 Å². The molecule has 3 atom stereocenters. The van der Waals surface area contributed by atoms with Crippen molar-refractivity contribution in [2.45, 2.75) is 31.7 Å². The summed E-state index contributed by atoms with van der Waals surface area (Å²) in [5.74, 6) is 1.68. The monoisotopic (exact) mass is 338 g/mol. The van der Waals surface area contributed by atoms with E-state index in [1.165, 1.54) is 0 Å². The van der Waals surface area contributed by atoms with Crippen LogP contribution in [0.4, 0.5) is 0 Å². The van der Waals surface area contributed by atoms with E-state index < -0.39 is 0 Å². The molecule has 3 unspecified atom stereocenters. The Morgan fingerprint density at radius 3 is 2.36 bits per heavy atom. The molecule has 4 nitrogen and oxygen atoms in total. The second kappa shape index (κ2) is 6.66.